The Morgan fingerprint density at radius 3 is 3.00 bits per heavy atom. The second kappa shape index (κ2) is 3.73. The lowest BCUT2D eigenvalue weighted by Crippen LogP contribution is -1.99. The lowest BCUT2D eigenvalue weighted by Gasteiger charge is -2.02. The fraction of sp³-hybridized carbons (Fsp3) is 0.125. The van der Waals surface area contributed by atoms with Crippen LogP contribution in [0.2, 0.25) is 0 Å². The monoisotopic (exact) mass is 191 g/mol. The number of anilines is 1. The Labute approximate surface area is 80.1 Å². The summed E-state index contributed by atoms with van der Waals surface area (Å²) in [6.07, 6.45) is 3.30. The lowest BCUT2D eigenvalue weighted by molar-refractivity contribution is 0.300. The van der Waals surface area contributed by atoms with Gasteiger partial charge >= 0.3 is 0 Å². The summed E-state index contributed by atoms with van der Waals surface area (Å²) in [6, 6.07) is 3.60. The summed E-state index contributed by atoms with van der Waals surface area (Å²) in [6.45, 7) is 0.286. The molecule has 6 nitrogen and oxygen atoms in total. The van der Waals surface area contributed by atoms with Crippen LogP contribution < -0.4 is 10.5 Å². The second-order valence-corrected chi connectivity index (χ2v) is 2.63. The minimum atomic E-state index is 0.286. The summed E-state index contributed by atoms with van der Waals surface area (Å²) in [4.78, 5) is 3.91. The molecule has 0 radical (unpaired) electrons. The highest BCUT2D eigenvalue weighted by molar-refractivity contribution is 5.31. The van der Waals surface area contributed by atoms with Gasteiger partial charge in [0, 0.05) is 6.20 Å². The van der Waals surface area contributed by atoms with Crippen LogP contribution in [0.1, 0.15) is 5.69 Å². The van der Waals surface area contributed by atoms with E-state index in [2.05, 4.69) is 20.4 Å². The molecule has 0 aliphatic rings. The molecule has 72 valence electrons. The molecular weight excluding hydrogens is 182 g/mol. The van der Waals surface area contributed by atoms with Gasteiger partial charge in [0.1, 0.15) is 18.1 Å². The topological polar surface area (TPSA) is 89.7 Å². The highest BCUT2D eigenvalue weighted by atomic mass is 16.5. The van der Waals surface area contributed by atoms with Crippen LogP contribution in [0.5, 0.6) is 5.75 Å². The number of aromatic amines is 1. The number of nitrogens with zero attached hydrogens (tertiary/aromatic N) is 3. The van der Waals surface area contributed by atoms with E-state index < -0.39 is 0 Å². The molecule has 0 aromatic carbocycles. The Balaban J connectivity index is 1.99. The number of aromatic nitrogens is 4. The number of H-pyrrole nitrogens is 1. The molecule has 0 aliphatic heterocycles. The van der Waals surface area contributed by atoms with Crippen molar-refractivity contribution in [3.8, 4) is 5.75 Å². The first-order chi connectivity index (χ1) is 6.86. The molecule has 2 aromatic heterocycles. The molecule has 14 heavy (non-hydrogen) atoms. The molecule has 2 aromatic rings. The molecular formula is C8H9N5O. The van der Waals surface area contributed by atoms with E-state index in [1.54, 1.807) is 18.5 Å². The molecule has 0 fully saturated rings. The zero-order chi connectivity index (χ0) is 9.80. The molecule has 0 amide bonds. The van der Waals surface area contributed by atoms with Gasteiger partial charge in [0.15, 0.2) is 5.82 Å². The van der Waals surface area contributed by atoms with Gasteiger partial charge in [0.05, 0.1) is 6.20 Å². The Hall–Kier alpha value is -2.11. The van der Waals surface area contributed by atoms with Crippen LogP contribution in [0.15, 0.2) is 24.5 Å². The molecule has 0 spiro atoms. The van der Waals surface area contributed by atoms with Crippen molar-refractivity contribution in [3.63, 3.8) is 0 Å². The minimum absolute atomic E-state index is 0.286. The number of hydrogen-bond acceptors (Lipinski definition) is 5. The number of hydrogen-bond donors (Lipinski definition) is 2. The number of rotatable bonds is 3. The summed E-state index contributed by atoms with van der Waals surface area (Å²) in [5.41, 5.74) is 6.10. The zero-order valence-electron chi connectivity index (χ0n) is 7.34. The molecule has 0 bridgehead atoms. The first-order valence-electron chi connectivity index (χ1n) is 4.04. The van der Waals surface area contributed by atoms with Crippen molar-refractivity contribution in [2.24, 2.45) is 0 Å². The molecule has 2 rings (SSSR count). The first-order valence-corrected chi connectivity index (χ1v) is 4.04. The van der Waals surface area contributed by atoms with E-state index in [9.17, 15) is 0 Å². The molecule has 0 aliphatic carbocycles. The number of nitrogens with one attached hydrogen (secondary N) is 1. The van der Waals surface area contributed by atoms with E-state index in [1.807, 2.05) is 6.07 Å². The van der Waals surface area contributed by atoms with Crippen LogP contribution in [0.25, 0.3) is 0 Å². The smallest absolute Gasteiger partial charge is 0.172 e. The number of pyridine rings is 1. The van der Waals surface area contributed by atoms with Gasteiger partial charge in [0.2, 0.25) is 0 Å². The Bertz CT molecular complexity index is 399. The van der Waals surface area contributed by atoms with E-state index in [0.29, 0.717) is 17.3 Å². The molecule has 0 atom stereocenters. The maximum atomic E-state index is 5.50. The van der Waals surface area contributed by atoms with Crippen molar-refractivity contribution in [2.45, 2.75) is 6.61 Å². The van der Waals surface area contributed by atoms with Crippen LogP contribution >= 0.6 is 0 Å². The van der Waals surface area contributed by atoms with Crippen molar-refractivity contribution >= 4 is 5.82 Å². The Morgan fingerprint density at radius 1 is 1.43 bits per heavy atom. The Morgan fingerprint density at radius 2 is 2.36 bits per heavy atom. The van der Waals surface area contributed by atoms with Crippen molar-refractivity contribution in [1.29, 1.82) is 0 Å². The summed E-state index contributed by atoms with van der Waals surface area (Å²) < 4.78 is 5.37. The van der Waals surface area contributed by atoms with Crippen molar-refractivity contribution in [3.05, 3.63) is 30.2 Å². The van der Waals surface area contributed by atoms with Gasteiger partial charge in [-0.05, 0) is 12.1 Å². The third-order valence-corrected chi connectivity index (χ3v) is 1.66. The minimum Gasteiger partial charge on any atom is -0.485 e. The molecule has 0 saturated heterocycles. The van der Waals surface area contributed by atoms with Crippen molar-refractivity contribution in [1.82, 2.24) is 20.4 Å². The van der Waals surface area contributed by atoms with Crippen LogP contribution in [0.3, 0.4) is 0 Å². The summed E-state index contributed by atoms with van der Waals surface area (Å²) in [7, 11) is 0. The van der Waals surface area contributed by atoms with Crippen LogP contribution in [-0.4, -0.2) is 20.4 Å². The lowest BCUT2D eigenvalue weighted by atomic mass is 10.4. The van der Waals surface area contributed by atoms with Gasteiger partial charge in [0.25, 0.3) is 0 Å². The summed E-state index contributed by atoms with van der Waals surface area (Å²) in [5.74, 6) is 1.03. The van der Waals surface area contributed by atoms with E-state index in [1.165, 1.54) is 0 Å². The highest BCUT2D eigenvalue weighted by Gasteiger charge is 2.03. The summed E-state index contributed by atoms with van der Waals surface area (Å²) >= 11 is 0. The Kier molecular flexibility index (Phi) is 2.26. The average Bonchev–Trinajstić information content (AvgIpc) is 2.63. The van der Waals surface area contributed by atoms with Gasteiger partial charge in [-0.15, -0.1) is 5.10 Å². The van der Waals surface area contributed by atoms with E-state index >= 15 is 0 Å². The third kappa shape index (κ3) is 1.79. The average molecular weight is 191 g/mol. The van der Waals surface area contributed by atoms with Crippen molar-refractivity contribution in [2.75, 3.05) is 5.73 Å². The fourth-order valence-corrected chi connectivity index (χ4v) is 0.951. The quantitative estimate of drug-likeness (QED) is 0.731. The van der Waals surface area contributed by atoms with Gasteiger partial charge in [-0.1, -0.05) is 0 Å². The third-order valence-electron chi connectivity index (χ3n) is 1.66. The predicted molar refractivity (Wildman–Crippen MR) is 49.4 cm³/mol. The van der Waals surface area contributed by atoms with E-state index in [4.69, 9.17) is 10.5 Å². The molecule has 0 saturated carbocycles. The van der Waals surface area contributed by atoms with E-state index in [0.717, 1.165) is 0 Å². The second-order valence-electron chi connectivity index (χ2n) is 2.63. The maximum Gasteiger partial charge on any atom is 0.172 e. The fourth-order valence-electron chi connectivity index (χ4n) is 0.951. The highest BCUT2D eigenvalue weighted by Crippen LogP contribution is 2.10. The standard InChI is InChI=1S/C8H9N5O/c9-8-7(11-13-12-8)5-14-6-2-1-3-10-4-6/h1-4H,5H2,(H3,9,11,12,13). The molecule has 3 N–H and O–H groups in total. The van der Waals surface area contributed by atoms with Crippen LogP contribution in [0, 0.1) is 0 Å². The van der Waals surface area contributed by atoms with Gasteiger partial charge in [-0.2, -0.15) is 10.3 Å². The largest absolute Gasteiger partial charge is 0.485 e. The van der Waals surface area contributed by atoms with Crippen LogP contribution in [-0.2, 0) is 6.61 Å². The SMILES string of the molecule is Nc1n[nH]nc1COc1cccnc1. The predicted octanol–water partition coefficient (Wildman–Crippen LogP) is 0.361. The molecule has 6 heteroatoms. The molecule has 0 unspecified atom stereocenters. The van der Waals surface area contributed by atoms with Gasteiger partial charge in [-0.25, -0.2) is 0 Å². The van der Waals surface area contributed by atoms with Crippen LogP contribution in [0.4, 0.5) is 5.82 Å². The normalized spacial score (nSPS) is 10.0. The van der Waals surface area contributed by atoms with Gasteiger partial charge in [-0.3, -0.25) is 4.98 Å². The first kappa shape index (κ1) is 8.49. The van der Waals surface area contributed by atoms with Crippen molar-refractivity contribution < 1.29 is 4.74 Å². The van der Waals surface area contributed by atoms with E-state index in [-0.39, 0.29) is 6.61 Å². The number of ether oxygens (including phenoxy) is 1. The molecule has 2 heterocycles. The van der Waals surface area contributed by atoms with Gasteiger partial charge < -0.3 is 10.5 Å². The number of nitrogens with two attached hydrogens (primary N) is 1. The zero-order valence-corrected chi connectivity index (χ0v) is 7.34. The summed E-state index contributed by atoms with van der Waals surface area (Å²) in [5, 5.41) is 9.91. The maximum absolute atomic E-state index is 5.50. The number of nitrogen functional groups attached to an aromatic ring is 1.